The number of hydrogen-bond acceptors (Lipinski definition) is 6. The lowest BCUT2D eigenvalue weighted by atomic mass is 10.1. The molecule has 0 atom stereocenters. The number of thiazole rings is 1. The van der Waals surface area contributed by atoms with Crippen LogP contribution in [-0.4, -0.2) is 46.9 Å². The number of aromatic nitrogens is 1. The molecule has 0 aliphatic carbocycles. The lowest BCUT2D eigenvalue weighted by molar-refractivity contribution is -0.385. The summed E-state index contributed by atoms with van der Waals surface area (Å²) in [6, 6.07) is 11.0. The Labute approximate surface area is 172 Å². The first-order valence-corrected chi connectivity index (χ1v) is 10.5. The standard InChI is InChI=1S/C21H22N4O3S/c1-3-15-7-8-17-19(13-15)29-21(22-17)24-11-9-23(10-12-24)20(26)16-5-4-6-18(14(16)2)25(27)28/h4-8,13H,3,9-12H2,1-2H3. The summed E-state index contributed by atoms with van der Waals surface area (Å²) in [5.74, 6) is -0.150. The van der Waals surface area contributed by atoms with E-state index in [9.17, 15) is 14.9 Å². The number of nitrogens with zero attached hydrogens (tertiary/aromatic N) is 4. The summed E-state index contributed by atoms with van der Waals surface area (Å²) in [5, 5.41) is 12.1. The lowest BCUT2D eigenvalue weighted by Crippen LogP contribution is -2.48. The van der Waals surface area contributed by atoms with E-state index in [0.717, 1.165) is 17.1 Å². The van der Waals surface area contributed by atoms with Crippen LogP contribution in [0.25, 0.3) is 10.2 Å². The van der Waals surface area contributed by atoms with Crippen molar-refractivity contribution in [2.24, 2.45) is 0 Å². The van der Waals surface area contributed by atoms with Crippen LogP contribution in [0.2, 0.25) is 0 Å². The normalized spacial score (nSPS) is 14.4. The highest BCUT2D eigenvalue weighted by Gasteiger charge is 2.26. The maximum Gasteiger partial charge on any atom is 0.273 e. The second-order valence-corrected chi connectivity index (χ2v) is 8.15. The predicted octanol–water partition coefficient (Wildman–Crippen LogP) is 4.04. The van der Waals surface area contributed by atoms with Gasteiger partial charge in [0.05, 0.1) is 15.1 Å². The van der Waals surface area contributed by atoms with E-state index in [4.69, 9.17) is 4.98 Å². The zero-order valence-corrected chi connectivity index (χ0v) is 17.2. The largest absolute Gasteiger partial charge is 0.345 e. The number of rotatable bonds is 4. The first kappa shape index (κ1) is 19.3. The highest BCUT2D eigenvalue weighted by Crippen LogP contribution is 2.30. The summed E-state index contributed by atoms with van der Waals surface area (Å²) in [6.45, 7) is 6.30. The fourth-order valence-electron chi connectivity index (χ4n) is 3.64. The molecule has 0 spiro atoms. The first-order chi connectivity index (χ1) is 14.0. The van der Waals surface area contributed by atoms with Gasteiger partial charge in [-0.1, -0.05) is 30.4 Å². The Balaban J connectivity index is 1.48. The second kappa shape index (κ2) is 7.79. The molecular formula is C21H22N4O3S. The molecule has 1 fully saturated rings. The van der Waals surface area contributed by atoms with Gasteiger partial charge in [0.1, 0.15) is 0 Å². The molecule has 1 aliphatic rings. The molecule has 2 aromatic carbocycles. The van der Waals surface area contributed by atoms with Gasteiger partial charge < -0.3 is 9.80 Å². The summed E-state index contributed by atoms with van der Waals surface area (Å²) in [4.78, 5) is 32.4. The molecule has 1 saturated heterocycles. The van der Waals surface area contributed by atoms with E-state index < -0.39 is 4.92 Å². The summed E-state index contributed by atoms with van der Waals surface area (Å²) in [5.41, 5.74) is 3.11. The van der Waals surface area contributed by atoms with Gasteiger partial charge in [0.15, 0.2) is 5.13 Å². The molecule has 29 heavy (non-hydrogen) atoms. The van der Waals surface area contributed by atoms with Gasteiger partial charge in [-0.05, 0) is 37.1 Å². The van der Waals surface area contributed by atoms with E-state index in [-0.39, 0.29) is 11.6 Å². The third-order valence-electron chi connectivity index (χ3n) is 5.42. The van der Waals surface area contributed by atoms with Crippen LogP contribution < -0.4 is 4.90 Å². The molecule has 1 amide bonds. The van der Waals surface area contributed by atoms with Crippen molar-refractivity contribution in [3.63, 3.8) is 0 Å². The topological polar surface area (TPSA) is 79.6 Å². The zero-order chi connectivity index (χ0) is 20.5. The van der Waals surface area contributed by atoms with E-state index >= 15 is 0 Å². The Morgan fingerprint density at radius 3 is 2.66 bits per heavy atom. The molecule has 2 heterocycles. The van der Waals surface area contributed by atoms with Gasteiger partial charge in [-0.2, -0.15) is 0 Å². The number of benzene rings is 2. The van der Waals surface area contributed by atoms with Gasteiger partial charge >= 0.3 is 0 Å². The molecule has 1 aliphatic heterocycles. The van der Waals surface area contributed by atoms with Crippen LogP contribution in [0.15, 0.2) is 36.4 Å². The highest BCUT2D eigenvalue weighted by atomic mass is 32.1. The number of amides is 1. The van der Waals surface area contributed by atoms with Crippen molar-refractivity contribution in [2.75, 3.05) is 31.1 Å². The van der Waals surface area contributed by atoms with Gasteiger partial charge in [-0.25, -0.2) is 4.98 Å². The molecule has 4 rings (SSSR count). The Hall–Kier alpha value is -3.00. The van der Waals surface area contributed by atoms with Gasteiger partial charge in [-0.15, -0.1) is 0 Å². The summed E-state index contributed by atoms with van der Waals surface area (Å²) in [7, 11) is 0. The molecule has 7 nitrogen and oxygen atoms in total. The number of piperazine rings is 1. The number of carbonyl (C=O) groups is 1. The third-order valence-corrected chi connectivity index (χ3v) is 6.50. The molecule has 0 saturated carbocycles. The molecule has 0 bridgehead atoms. The summed E-state index contributed by atoms with van der Waals surface area (Å²) < 4.78 is 1.19. The van der Waals surface area contributed by atoms with E-state index in [0.29, 0.717) is 37.3 Å². The number of aryl methyl sites for hydroxylation is 1. The Morgan fingerprint density at radius 1 is 1.21 bits per heavy atom. The van der Waals surface area contributed by atoms with Crippen molar-refractivity contribution in [1.82, 2.24) is 9.88 Å². The van der Waals surface area contributed by atoms with Crippen molar-refractivity contribution < 1.29 is 9.72 Å². The van der Waals surface area contributed by atoms with Crippen molar-refractivity contribution in [2.45, 2.75) is 20.3 Å². The molecule has 1 aromatic heterocycles. The number of carbonyl (C=O) groups excluding carboxylic acids is 1. The SMILES string of the molecule is CCc1ccc2nc(N3CCN(C(=O)c4cccc([N+](=O)[O-])c4C)CC3)sc2c1. The monoisotopic (exact) mass is 410 g/mol. The fraction of sp³-hybridized carbons (Fsp3) is 0.333. The number of hydrogen-bond donors (Lipinski definition) is 0. The molecule has 0 N–H and O–H groups in total. The minimum Gasteiger partial charge on any atom is -0.345 e. The smallest absolute Gasteiger partial charge is 0.273 e. The molecule has 3 aromatic rings. The van der Waals surface area contributed by atoms with E-state index in [2.05, 4.69) is 30.0 Å². The number of anilines is 1. The average Bonchev–Trinajstić information content (AvgIpc) is 3.16. The third kappa shape index (κ3) is 3.67. The number of fused-ring (bicyclic) bond motifs is 1. The van der Waals surface area contributed by atoms with Crippen LogP contribution in [-0.2, 0) is 6.42 Å². The Kier molecular flexibility index (Phi) is 5.19. The minimum absolute atomic E-state index is 0.0181. The maximum atomic E-state index is 12.9. The van der Waals surface area contributed by atoms with Crippen LogP contribution in [0, 0.1) is 17.0 Å². The van der Waals surface area contributed by atoms with Crippen molar-refractivity contribution in [3.8, 4) is 0 Å². The predicted molar refractivity (Wildman–Crippen MR) is 115 cm³/mol. The highest BCUT2D eigenvalue weighted by molar-refractivity contribution is 7.22. The van der Waals surface area contributed by atoms with Gasteiger partial charge in [0.25, 0.3) is 11.6 Å². The van der Waals surface area contributed by atoms with Crippen molar-refractivity contribution in [1.29, 1.82) is 0 Å². The average molecular weight is 410 g/mol. The van der Waals surface area contributed by atoms with E-state index in [1.807, 2.05) is 0 Å². The molecule has 150 valence electrons. The second-order valence-electron chi connectivity index (χ2n) is 7.14. The van der Waals surface area contributed by atoms with E-state index in [1.54, 1.807) is 35.3 Å². The molecule has 8 heteroatoms. The van der Waals surface area contributed by atoms with Crippen molar-refractivity contribution in [3.05, 3.63) is 63.2 Å². The van der Waals surface area contributed by atoms with E-state index in [1.165, 1.54) is 16.3 Å². The minimum atomic E-state index is -0.443. The first-order valence-electron chi connectivity index (χ1n) is 9.65. The lowest BCUT2D eigenvalue weighted by Gasteiger charge is -2.34. The summed E-state index contributed by atoms with van der Waals surface area (Å²) >= 11 is 1.68. The maximum absolute atomic E-state index is 12.9. The van der Waals surface area contributed by atoms with Crippen LogP contribution in [0.1, 0.15) is 28.4 Å². The van der Waals surface area contributed by atoms with Gasteiger partial charge in [0, 0.05) is 43.4 Å². The summed E-state index contributed by atoms with van der Waals surface area (Å²) in [6.07, 6.45) is 1.00. The van der Waals surface area contributed by atoms with Crippen LogP contribution in [0.3, 0.4) is 0 Å². The van der Waals surface area contributed by atoms with Gasteiger partial charge in [0.2, 0.25) is 0 Å². The van der Waals surface area contributed by atoms with Crippen molar-refractivity contribution >= 4 is 38.3 Å². The fourth-order valence-corrected chi connectivity index (χ4v) is 4.72. The Morgan fingerprint density at radius 2 is 1.97 bits per heavy atom. The molecule has 0 radical (unpaired) electrons. The number of nitro benzene ring substituents is 1. The van der Waals surface area contributed by atoms with Gasteiger partial charge in [-0.3, -0.25) is 14.9 Å². The number of nitro groups is 1. The van der Waals surface area contributed by atoms with Crippen LogP contribution in [0.4, 0.5) is 10.8 Å². The quantitative estimate of drug-likeness (QED) is 0.479. The molecule has 0 unspecified atom stereocenters. The van der Waals surface area contributed by atoms with Crippen LogP contribution in [0.5, 0.6) is 0 Å². The van der Waals surface area contributed by atoms with Crippen LogP contribution >= 0.6 is 11.3 Å². The molecular weight excluding hydrogens is 388 g/mol. The zero-order valence-electron chi connectivity index (χ0n) is 16.4. The Bertz CT molecular complexity index is 1090.